The molecule has 168 valence electrons. The minimum Gasteiger partial charge on any atom is -0.284 e. The van der Waals surface area contributed by atoms with Gasteiger partial charge in [-0.05, 0) is 55.8 Å². The molecular formula is C27H22ClN5S. The van der Waals surface area contributed by atoms with E-state index in [9.17, 15) is 0 Å². The molecule has 5 nitrogen and oxygen atoms in total. The summed E-state index contributed by atoms with van der Waals surface area (Å²) in [6.07, 6.45) is 1.79. The van der Waals surface area contributed by atoms with Crippen LogP contribution in [-0.2, 0) is 0 Å². The molecular weight excluding hydrogens is 462 g/mol. The van der Waals surface area contributed by atoms with Crippen LogP contribution in [0.4, 0.5) is 0 Å². The Bertz CT molecular complexity index is 1510. The lowest BCUT2D eigenvalue weighted by molar-refractivity contribution is 0.833. The number of thiazole rings is 1. The van der Waals surface area contributed by atoms with E-state index in [1.54, 1.807) is 17.6 Å². The maximum absolute atomic E-state index is 6.11. The summed E-state index contributed by atoms with van der Waals surface area (Å²) in [6.45, 7) is 4.03. The normalized spacial score (nSPS) is 12.0. The molecule has 0 atom stereocenters. The van der Waals surface area contributed by atoms with Crippen molar-refractivity contribution in [2.24, 2.45) is 10.2 Å². The van der Waals surface area contributed by atoms with Crippen LogP contribution in [0, 0.1) is 13.8 Å². The smallest absolute Gasteiger partial charge is 0.215 e. The van der Waals surface area contributed by atoms with Gasteiger partial charge in [-0.15, -0.1) is 16.4 Å². The Kier molecular flexibility index (Phi) is 6.25. The first kappa shape index (κ1) is 22.1. The summed E-state index contributed by atoms with van der Waals surface area (Å²) in [5.41, 5.74) is 7.03. The SMILES string of the molecule is Cc1nn(-c2ccccc2)c(C)c1/C=N/N=c1/scc(-c2ccc(Cl)cc2)n1-c1ccccc1. The molecule has 0 aliphatic rings. The predicted molar refractivity (Wildman–Crippen MR) is 140 cm³/mol. The van der Waals surface area contributed by atoms with Gasteiger partial charge in [0.2, 0.25) is 4.80 Å². The van der Waals surface area contributed by atoms with Crippen LogP contribution in [-0.4, -0.2) is 20.6 Å². The van der Waals surface area contributed by atoms with Crippen LogP contribution in [0.15, 0.2) is 101 Å². The highest BCUT2D eigenvalue weighted by atomic mass is 35.5. The second-order valence-electron chi connectivity index (χ2n) is 7.76. The van der Waals surface area contributed by atoms with Crippen molar-refractivity contribution in [2.75, 3.05) is 0 Å². The average molecular weight is 484 g/mol. The number of aromatic nitrogens is 3. The Morgan fingerprint density at radius 1 is 0.853 bits per heavy atom. The van der Waals surface area contributed by atoms with Gasteiger partial charge in [0, 0.05) is 21.7 Å². The van der Waals surface area contributed by atoms with Gasteiger partial charge in [0.1, 0.15) is 0 Å². The molecule has 2 aromatic heterocycles. The van der Waals surface area contributed by atoms with E-state index in [-0.39, 0.29) is 0 Å². The lowest BCUT2D eigenvalue weighted by Crippen LogP contribution is -2.13. The van der Waals surface area contributed by atoms with Crippen molar-refractivity contribution in [3.05, 3.63) is 117 Å². The number of halogens is 1. The van der Waals surface area contributed by atoms with Crippen LogP contribution < -0.4 is 4.80 Å². The Morgan fingerprint density at radius 2 is 1.50 bits per heavy atom. The van der Waals surface area contributed by atoms with Gasteiger partial charge in [0.05, 0.1) is 29.0 Å². The molecule has 3 aromatic carbocycles. The molecule has 0 saturated heterocycles. The van der Waals surface area contributed by atoms with E-state index in [4.69, 9.17) is 16.7 Å². The fourth-order valence-electron chi connectivity index (χ4n) is 3.83. The zero-order valence-corrected chi connectivity index (χ0v) is 20.3. The molecule has 0 aliphatic carbocycles. The van der Waals surface area contributed by atoms with Crippen molar-refractivity contribution in [2.45, 2.75) is 13.8 Å². The van der Waals surface area contributed by atoms with Crippen molar-refractivity contribution in [1.82, 2.24) is 14.3 Å². The molecule has 5 rings (SSSR count). The van der Waals surface area contributed by atoms with Crippen molar-refractivity contribution in [3.8, 4) is 22.6 Å². The van der Waals surface area contributed by atoms with Gasteiger partial charge in [0.25, 0.3) is 0 Å². The summed E-state index contributed by atoms with van der Waals surface area (Å²) in [6, 6.07) is 28.1. The number of para-hydroxylation sites is 2. The lowest BCUT2D eigenvalue weighted by atomic mass is 10.1. The van der Waals surface area contributed by atoms with Gasteiger partial charge in [-0.1, -0.05) is 60.1 Å². The number of hydrogen-bond acceptors (Lipinski definition) is 4. The van der Waals surface area contributed by atoms with E-state index in [2.05, 4.69) is 32.3 Å². The Morgan fingerprint density at radius 3 is 2.18 bits per heavy atom. The summed E-state index contributed by atoms with van der Waals surface area (Å²) >= 11 is 7.65. The molecule has 34 heavy (non-hydrogen) atoms. The lowest BCUT2D eigenvalue weighted by Gasteiger charge is -2.09. The maximum atomic E-state index is 6.11. The highest BCUT2D eigenvalue weighted by molar-refractivity contribution is 7.07. The van der Waals surface area contributed by atoms with Crippen LogP contribution in [0.2, 0.25) is 5.02 Å². The van der Waals surface area contributed by atoms with Crippen LogP contribution in [0.5, 0.6) is 0 Å². The average Bonchev–Trinajstić information content (AvgIpc) is 3.42. The number of hydrogen-bond donors (Lipinski definition) is 0. The fraction of sp³-hybridized carbons (Fsp3) is 0.0741. The molecule has 0 fully saturated rings. The summed E-state index contributed by atoms with van der Waals surface area (Å²) in [4.78, 5) is 0.776. The quantitative estimate of drug-likeness (QED) is 0.205. The van der Waals surface area contributed by atoms with E-state index in [0.717, 1.165) is 44.4 Å². The molecule has 7 heteroatoms. The third-order valence-corrected chi connectivity index (χ3v) is 6.61. The first-order valence-corrected chi connectivity index (χ1v) is 12.1. The minimum absolute atomic E-state index is 0.710. The number of benzene rings is 3. The first-order chi connectivity index (χ1) is 16.6. The van der Waals surface area contributed by atoms with Crippen LogP contribution in [0.3, 0.4) is 0 Å². The second-order valence-corrected chi connectivity index (χ2v) is 9.03. The number of rotatable bonds is 5. The van der Waals surface area contributed by atoms with Crippen molar-refractivity contribution >= 4 is 29.2 Å². The third kappa shape index (κ3) is 4.38. The fourth-order valence-corrected chi connectivity index (χ4v) is 4.82. The molecule has 2 heterocycles. The van der Waals surface area contributed by atoms with Gasteiger partial charge in [-0.2, -0.15) is 10.2 Å². The van der Waals surface area contributed by atoms with E-state index in [1.165, 1.54) is 0 Å². The second kappa shape index (κ2) is 9.63. The van der Waals surface area contributed by atoms with Gasteiger partial charge < -0.3 is 0 Å². The Hall–Kier alpha value is -3.74. The molecule has 0 radical (unpaired) electrons. The highest BCUT2D eigenvalue weighted by Gasteiger charge is 2.12. The van der Waals surface area contributed by atoms with Crippen molar-refractivity contribution in [3.63, 3.8) is 0 Å². The van der Waals surface area contributed by atoms with Gasteiger partial charge in [-0.3, -0.25) is 4.57 Å². The summed E-state index contributed by atoms with van der Waals surface area (Å²) in [5, 5.41) is 16.6. The molecule has 0 amide bonds. The third-order valence-electron chi connectivity index (χ3n) is 5.54. The first-order valence-electron chi connectivity index (χ1n) is 10.8. The van der Waals surface area contributed by atoms with Gasteiger partial charge >= 0.3 is 0 Å². The molecule has 0 N–H and O–H groups in total. The van der Waals surface area contributed by atoms with Crippen molar-refractivity contribution < 1.29 is 0 Å². The van der Waals surface area contributed by atoms with E-state index in [1.807, 2.05) is 91.3 Å². The number of nitrogens with zero attached hydrogens (tertiary/aromatic N) is 5. The zero-order valence-electron chi connectivity index (χ0n) is 18.8. The topological polar surface area (TPSA) is 47.5 Å². The molecule has 5 aromatic rings. The molecule has 0 aliphatic heterocycles. The predicted octanol–water partition coefficient (Wildman–Crippen LogP) is 6.60. The molecule has 0 spiro atoms. The maximum Gasteiger partial charge on any atom is 0.215 e. The number of aryl methyl sites for hydroxylation is 1. The van der Waals surface area contributed by atoms with Gasteiger partial charge in [-0.25, -0.2) is 4.68 Å². The standard InChI is InChI=1S/C27H22ClN5S/c1-19-25(20(2)33(31-19)24-11-7-4-8-12-24)17-29-30-27-32(23-9-5-3-6-10-23)26(18-34-27)21-13-15-22(28)16-14-21/h3-18H,1-2H3/b29-17+,30-27+. The van der Waals surface area contributed by atoms with E-state index >= 15 is 0 Å². The zero-order chi connectivity index (χ0) is 23.5. The van der Waals surface area contributed by atoms with Crippen LogP contribution in [0.1, 0.15) is 17.0 Å². The van der Waals surface area contributed by atoms with Crippen molar-refractivity contribution in [1.29, 1.82) is 0 Å². The Balaban J connectivity index is 1.56. The largest absolute Gasteiger partial charge is 0.284 e. The highest BCUT2D eigenvalue weighted by Crippen LogP contribution is 2.25. The summed E-state index contributed by atoms with van der Waals surface area (Å²) in [7, 11) is 0. The monoisotopic (exact) mass is 483 g/mol. The Labute approximate surface area is 206 Å². The summed E-state index contributed by atoms with van der Waals surface area (Å²) in [5.74, 6) is 0. The van der Waals surface area contributed by atoms with E-state index in [0.29, 0.717) is 5.02 Å². The summed E-state index contributed by atoms with van der Waals surface area (Å²) < 4.78 is 4.04. The molecule has 0 saturated carbocycles. The van der Waals surface area contributed by atoms with Crippen LogP contribution in [0.25, 0.3) is 22.6 Å². The minimum atomic E-state index is 0.710. The molecule has 0 unspecified atom stereocenters. The van der Waals surface area contributed by atoms with Crippen LogP contribution >= 0.6 is 22.9 Å². The van der Waals surface area contributed by atoms with Gasteiger partial charge in [0.15, 0.2) is 0 Å². The van der Waals surface area contributed by atoms with E-state index < -0.39 is 0 Å². The molecule has 0 bridgehead atoms.